The van der Waals surface area contributed by atoms with Crippen LogP contribution in [0.3, 0.4) is 0 Å². The average Bonchev–Trinajstić information content (AvgIpc) is 3.37. The van der Waals surface area contributed by atoms with E-state index in [0.29, 0.717) is 74.2 Å². The molecule has 68 heavy (non-hydrogen) atoms. The van der Waals surface area contributed by atoms with Gasteiger partial charge >= 0.3 is 5.97 Å². The summed E-state index contributed by atoms with van der Waals surface area (Å²) >= 11 is 0.865. The predicted octanol–water partition coefficient (Wildman–Crippen LogP) is 10.2. The fraction of sp³-hybridized carbons (Fsp3) is 0.264. The molecule has 15 heteroatoms. The average molecular weight is 941 g/mol. The summed E-state index contributed by atoms with van der Waals surface area (Å²) < 4.78 is 22.9. The second kappa shape index (κ2) is 28.2. The van der Waals surface area contributed by atoms with Gasteiger partial charge in [-0.15, -0.1) is 4.33 Å². The molecule has 1 heterocycles. The van der Waals surface area contributed by atoms with Crippen molar-refractivity contribution in [1.29, 1.82) is 0 Å². The molecule has 0 atom stereocenters. The van der Waals surface area contributed by atoms with Gasteiger partial charge in [-0.05, 0) is 91.6 Å². The third kappa shape index (κ3) is 17.0. The summed E-state index contributed by atoms with van der Waals surface area (Å²) in [6.45, 7) is 2.40. The highest BCUT2D eigenvalue weighted by Gasteiger charge is 2.14. The van der Waals surface area contributed by atoms with Crippen LogP contribution in [0.15, 0.2) is 149 Å². The van der Waals surface area contributed by atoms with Gasteiger partial charge in [-0.1, -0.05) is 102 Å². The standard InChI is InChI=1S/C53H56N4O10S/c58-50(55-30-14-31-56-53(61)42-26-24-39(25-27-42)37-54-38-43-19-8-9-22-49(43)68-67-66-62)23-13-34-64-48-21-12-20-47(45(48)28-29-52(59)60)63-32-10-3-11-33-65-51-36-44(40-15-4-1-5-16-40)35-46(57-51)41-17-6-2-7-18-41/h1-2,4-9,12,15-22,24-27,35-36,38,62H,3,10-11,13-14,23,28-34,37H2,(H,55,58)(H,56,61)(H,59,60). The van der Waals surface area contributed by atoms with Gasteiger partial charge in [-0.2, -0.15) is 0 Å². The van der Waals surface area contributed by atoms with Crippen molar-refractivity contribution in [3.63, 3.8) is 0 Å². The zero-order valence-corrected chi connectivity index (χ0v) is 38.5. The van der Waals surface area contributed by atoms with E-state index in [1.807, 2.05) is 97.1 Å². The van der Waals surface area contributed by atoms with E-state index in [0.717, 1.165) is 69.7 Å². The summed E-state index contributed by atoms with van der Waals surface area (Å²) in [6.07, 6.45) is 5.53. The van der Waals surface area contributed by atoms with Crippen molar-refractivity contribution < 1.29 is 48.3 Å². The summed E-state index contributed by atoms with van der Waals surface area (Å²) in [5.74, 6) is 0.431. The van der Waals surface area contributed by atoms with Crippen LogP contribution in [0.1, 0.15) is 72.0 Å². The number of carbonyl (C=O) groups is 3. The second-order valence-corrected chi connectivity index (χ2v) is 16.3. The van der Waals surface area contributed by atoms with Gasteiger partial charge in [0.2, 0.25) is 11.8 Å². The largest absolute Gasteiger partial charge is 0.493 e. The lowest BCUT2D eigenvalue weighted by Gasteiger charge is -2.16. The molecular weight excluding hydrogens is 885 g/mol. The van der Waals surface area contributed by atoms with Gasteiger partial charge in [0.1, 0.15) is 11.5 Å². The van der Waals surface area contributed by atoms with Crippen molar-refractivity contribution in [1.82, 2.24) is 15.6 Å². The monoisotopic (exact) mass is 940 g/mol. The number of carbonyl (C=O) groups excluding carboxylic acids is 2. The highest BCUT2D eigenvalue weighted by atomic mass is 32.2. The first-order chi connectivity index (χ1) is 33.4. The Morgan fingerprint density at radius 2 is 1.31 bits per heavy atom. The highest BCUT2D eigenvalue weighted by Crippen LogP contribution is 2.31. The maximum atomic E-state index is 12.7. The topological polar surface area (TPSA) is 187 Å². The number of aromatic nitrogens is 1. The molecule has 0 aliphatic heterocycles. The number of benzene rings is 5. The predicted molar refractivity (Wildman–Crippen MR) is 262 cm³/mol. The van der Waals surface area contributed by atoms with E-state index >= 15 is 0 Å². The summed E-state index contributed by atoms with van der Waals surface area (Å²) in [7, 11) is 0. The summed E-state index contributed by atoms with van der Waals surface area (Å²) in [4.78, 5) is 46.7. The molecule has 0 spiro atoms. The molecule has 1 aromatic heterocycles. The van der Waals surface area contributed by atoms with Crippen LogP contribution < -0.4 is 24.8 Å². The van der Waals surface area contributed by atoms with E-state index in [-0.39, 0.29) is 37.7 Å². The Bertz CT molecular complexity index is 2470. The highest BCUT2D eigenvalue weighted by molar-refractivity contribution is 7.94. The third-order valence-electron chi connectivity index (χ3n) is 10.5. The molecule has 14 nitrogen and oxygen atoms in total. The Kier molecular flexibility index (Phi) is 20.9. The van der Waals surface area contributed by atoms with Crippen molar-refractivity contribution in [3.05, 3.63) is 162 Å². The first kappa shape index (κ1) is 50.4. The van der Waals surface area contributed by atoms with E-state index in [2.05, 4.69) is 43.2 Å². The Morgan fingerprint density at radius 1 is 0.647 bits per heavy atom. The second-order valence-electron chi connectivity index (χ2n) is 15.5. The fourth-order valence-corrected chi connectivity index (χ4v) is 7.47. The van der Waals surface area contributed by atoms with Crippen LogP contribution in [-0.4, -0.2) is 72.3 Å². The minimum Gasteiger partial charge on any atom is -0.493 e. The normalized spacial score (nSPS) is 11.0. The van der Waals surface area contributed by atoms with Gasteiger partial charge in [0.25, 0.3) is 5.91 Å². The lowest BCUT2D eigenvalue weighted by atomic mass is 10.0. The molecule has 0 saturated carbocycles. The van der Waals surface area contributed by atoms with Crippen LogP contribution in [0.4, 0.5) is 0 Å². The third-order valence-corrected chi connectivity index (χ3v) is 11.2. The van der Waals surface area contributed by atoms with Crippen LogP contribution in [0.25, 0.3) is 22.4 Å². The summed E-state index contributed by atoms with van der Waals surface area (Å²) in [6, 6.07) is 44.2. The van der Waals surface area contributed by atoms with Gasteiger partial charge in [0.05, 0.1) is 44.1 Å². The Labute approximate surface area is 400 Å². The summed E-state index contributed by atoms with van der Waals surface area (Å²) in [5, 5.41) is 27.3. The number of carboxylic acid groups (broad SMARTS) is 1. The summed E-state index contributed by atoms with van der Waals surface area (Å²) in [5.41, 5.74) is 6.91. The Morgan fingerprint density at radius 3 is 2.03 bits per heavy atom. The molecule has 5 aromatic carbocycles. The quantitative estimate of drug-likeness (QED) is 0.0115. The van der Waals surface area contributed by atoms with Crippen molar-refractivity contribution in [2.75, 3.05) is 32.9 Å². The van der Waals surface area contributed by atoms with Gasteiger partial charge in [-0.25, -0.2) is 10.2 Å². The maximum Gasteiger partial charge on any atom is 0.303 e. The van der Waals surface area contributed by atoms with Crippen LogP contribution in [0.2, 0.25) is 0 Å². The minimum absolute atomic E-state index is 0.0810. The Balaban J connectivity index is 0.861. The molecule has 0 aliphatic carbocycles. The molecule has 354 valence electrons. The van der Waals surface area contributed by atoms with Crippen molar-refractivity contribution in [2.24, 2.45) is 4.99 Å². The molecule has 0 saturated heterocycles. The number of hydrogen-bond donors (Lipinski definition) is 4. The van der Waals surface area contributed by atoms with E-state index in [1.165, 1.54) is 0 Å². The molecule has 0 unspecified atom stereocenters. The lowest BCUT2D eigenvalue weighted by Crippen LogP contribution is -2.30. The smallest absolute Gasteiger partial charge is 0.303 e. The number of ether oxygens (including phenoxy) is 3. The number of carboxylic acids is 1. The molecule has 6 aromatic rings. The number of hydrogen-bond acceptors (Lipinski definition) is 12. The van der Waals surface area contributed by atoms with Gasteiger partial charge in [0, 0.05) is 65.4 Å². The van der Waals surface area contributed by atoms with Crippen LogP contribution >= 0.6 is 12.0 Å². The van der Waals surface area contributed by atoms with Crippen molar-refractivity contribution in [3.8, 4) is 39.8 Å². The first-order valence-electron chi connectivity index (χ1n) is 22.6. The molecule has 4 N–H and O–H groups in total. The number of aliphatic carboxylic acids is 1. The molecule has 6 rings (SSSR count). The number of nitrogens with one attached hydrogen (secondary N) is 2. The zero-order valence-electron chi connectivity index (χ0n) is 37.7. The Hall–Kier alpha value is -7.04. The van der Waals surface area contributed by atoms with E-state index in [4.69, 9.17) is 24.5 Å². The molecule has 0 bridgehead atoms. The van der Waals surface area contributed by atoms with Gasteiger partial charge in [-0.3, -0.25) is 19.4 Å². The van der Waals surface area contributed by atoms with Crippen LogP contribution in [-0.2, 0) is 31.9 Å². The number of aliphatic imine (C=N–C) groups is 1. The SMILES string of the molecule is O=C(O)CCc1c(OCCCCCOc2cc(-c3ccccc3)cc(-c3ccccc3)n2)cccc1OCCCC(=O)NCCCNC(=O)c1ccc(CN=Cc2ccccc2SOOO)cc1. The number of rotatable bonds is 29. The maximum absolute atomic E-state index is 12.7. The van der Waals surface area contributed by atoms with Crippen molar-refractivity contribution >= 4 is 36.0 Å². The van der Waals surface area contributed by atoms with E-state index in [9.17, 15) is 19.5 Å². The van der Waals surface area contributed by atoms with Crippen LogP contribution in [0, 0.1) is 0 Å². The molecule has 0 radical (unpaired) electrons. The first-order valence-corrected chi connectivity index (χ1v) is 23.3. The van der Waals surface area contributed by atoms with Gasteiger partial charge < -0.3 is 30.0 Å². The van der Waals surface area contributed by atoms with Crippen LogP contribution in [0.5, 0.6) is 17.4 Å². The zero-order chi connectivity index (χ0) is 47.6. The minimum atomic E-state index is -0.920. The molecular formula is C53H56N4O10S. The molecule has 2 amide bonds. The number of nitrogens with zero attached hydrogens (tertiary/aromatic N) is 2. The van der Waals surface area contributed by atoms with Gasteiger partial charge in [0.15, 0.2) is 0 Å². The molecule has 0 aliphatic rings. The van der Waals surface area contributed by atoms with E-state index in [1.54, 1.807) is 30.5 Å². The fourth-order valence-electron chi connectivity index (χ4n) is 7.02. The lowest BCUT2D eigenvalue weighted by molar-refractivity contribution is -0.432. The number of amides is 2. The van der Waals surface area contributed by atoms with Crippen molar-refractivity contribution in [2.45, 2.75) is 62.8 Å². The molecule has 0 fully saturated rings. The number of pyridine rings is 1. The number of unbranched alkanes of at least 4 members (excludes halogenated alkanes) is 2. The van der Waals surface area contributed by atoms with E-state index < -0.39 is 5.97 Å².